The molecule has 1 aliphatic heterocycles. The Kier molecular flexibility index (Phi) is 12.4. The molecule has 0 radical (unpaired) electrons. The zero-order valence-electron chi connectivity index (χ0n) is 26.3. The van der Waals surface area contributed by atoms with E-state index in [1.807, 2.05) is 51.1 Å². The molecule has 45 heavy (non-hydrogen) atoms. The van der Waals surface area contributed by atoms with Gasteiger partial charge in [-0.25, -0.2) is 0 Å². The second-order valence-electron chi connectivity index (χ2n) is 11.7. The number of rotatable bonds is 12. The van der Waals surface area contributed by atoms with Crippen LogP contribution in [-0.2, 0) is 19.7 Å². The Morgan fingerprint density at radius 3 is 2.20 bits per heavy atom. The molecule has 3 rings (SSSR count). The summed E-state index contributed by atoms with van der Waals surface area (Å²) < 4.78 is 40.6. The van der Waals surface area contributed by atoms with Crippen molar-refractivity contribution in [1.82, 2.24) is 14.3 Å². The molecule has 1 amide bonds. The number of aliphatic carboxylic acids is 1. The fraction of sp³-hybridized carbons (Fsp3) is 0.469. The third kappa shape index (κ3) is 10.8. The van der Waals surface area contributed by atoms with E-state index in [9.17, 15) is 23.1 Å². The minimum absolute atomic E-state index is 0.140. The zero-order chi connectivity index (χ0) is 33.2. The summed E-state index contributed by atoms with van der Waals surface area (Å²) >= 11 is 0. The van der Waals surface area contributed by atoms with Crippen LogP contribution in [0.4, 0.5) is 5.69 Å². The summed E-state index contributed by atoms with van der Waals surface area (Å²) in [6.07, 6.45) is 0. The Morgan fingerprint density at radius 1 is 1.00 bits per heavy atom. The van der Waals surface area contributed by atoms with Crippen LogP contribution < -0.4 is 19.7 Å². The molecule has 12 nitrogen and oxygen atoms in total. The molecule has 0 aliphatic carbocycles. The molecule has 1 unspecified atom stereocenters. The Hall–Kier alpha value is -4.14. The number of ether oxygens (including phenoxy) is 2. The highest BCUT2D eigenvalue weighted by Gasteiger charge is 2.33. The first-order chi connectivity index (χ1) is 21.2. The van der Waals surface area contributed by atoms with Crippen LogP contribution in [0.15, 0.2) is 42.5 Å². The summed E-state index contributed by atoms with van der Waals surface area (Å²) in [5.74, 6) is 4.48. The third-order valence-electron chi connectivity index (χ3n) is 6.80. The summed E-state index contributed by atoms with van der Waals surface area (Å²) in [4.78, 5) is 26.2. The van der Waals surface area contributed by atoms with Crippen LogP contribution in [0.3, 0.4) is 0 Å². The molecule has 1 heterocycles. The number of carboxylic acid groups (broad SMARTS) is 1. The maximum Gasteiger partial charge on any atom is 0.322 e. The molecule has 0 aromatic heterocycles. The molecule has 0 spiro atoms. The smallest absolute Gasteiger partial charge is 0.322 e. The number of hydrogen-bond donors (Lipinski definition) is 3. The number of carboxylic acids is 1. The van der Waals surface area contributed by atoms with Gasteiger partial charge in [0.25, 0.3) is 16.1 Å². The van der Waals surface area contributed by atoms with Gasteiger partial charge in [0, 0.05) is 43.0 Å². The Morgan fingerprint density at radius 2 is 1.62 bits per heavy atom. The van der Waals surface area contributed by atoms with Gasteiger partial charge < -0.3 is 24.8 Å². The van der Waals surface area contributed by atoms with Crippen LogP contribution >= 0.6 is 0 Å². The SMILES string of the molecule is CC(C)C(NS(=O)(=O)N1CCN(c2ccc(C#Cc3ccc(OCCOC(C)(C)C)c(C(=O)NCC#N)c3)cc2)CC1)C(=O)O. The van der Waals surface area contributed by atoms with Crippen molar-refractivity contribution < 1.29 is 32.6 Å². The Balaban J connectivity index is 1.65. The molecule has 13 heteroatoms. The van der Waals surface area contributed by atoms with Gasteiger partial charge in [0.2, 0.25) is 0 Å². The van der Waals surface area contributed by atoms with E-state index < -0.39 is 34.0 Å². The van der Waals surface area contributed by atoms with Crippen molar-refractivity contribution >= 4 is 27.8 Å². The number of nitriles is 1. The molecule has 0 bridgehead atoms. The van der Waals surface area contributed by atoms with Crippen LogP contribution in [0, 0.1) is 29.1 Å². The minimum Gasteiger partial charge on any atom is -0.490 e. The topological polar surface area (TPSA) is 161 Å². The first kappa shape index (κ1) is 35.3. The predicted molar refractivity (Wildman–Crippen MR) is 170 cm³/mol. The number of nitrogens with one attached hydrogen (secondary N) is 2. The first-order valence-electron chi connectivity index (χ1n) is 14.6. The van der Waals surface area contributed by atoms with Crippen molar-refractivity contribution in [3.8, 4) is 23.7 Å². The second kappa shape index (κ2) is 15.7. The summed E-state index contributed by atoms with van der Waals surface area (Å²) in [5, 5.41) is 20.8. The number of amides is 1. The lowest BCUT2D eigenvalue weighted by Crippen LogP contribution is -2.55. The van der Waals surface area contributed by atoms with E-state index in [4.69, 9.17) is 14.7 Å². The number of carbonyl (C=O) groups excluding carboxylic acids is 1. The lowest BCUT2D eigenvalue weighted by atomic mass is 10.1. The van der Waals surface area contributed by atoms with Gasteiger partial charge in [0.05, 0.1) is 23.8 Å². The van der Waals surface area contributed by atoms with Crippen molar-refractivity contribution in [3.05, 3.63) is 59.2 Å². The van der Waals surface area contributed by atoms with Crippen molar-refractivity contribution in [2.75, 3.05) is 50.8 Å². The molecule has 0 saturated carbocycles. The summed E-state index contributed by atoms with van der Waals surface area (Å²) in [5.41, 5.74) is 2.19. The van der Waals surface area contributed by atoms with E-state index in [-0.39, 0.29) is 37.4 Å². The maximum absolute atomic E-state index is 12.8. The van der Waals surface area contributed by atoms with Gasteiger partial charge in [0.15, 0.2) is 0 Å². The van der Waals surface area contributed by atoms with E-state index in [2.05, 4.69) is 26.8 Å². The van der Waals surface area contributed by atoms with Crippen molar-refractivity contribution in [2.45, 2.75) is 46.3 Å². The lowest BCUT2D eigenvalue weighted by Gasteiger charge is -2.36. The number of nitrogens with zero attached hydrogens (tertiary/aromatic N) is 3. The normalized spacial score (nSPS) is 14.6. The maximum atomic E-state index is 12.8. The average molecular weight is 640 g/mol. The number of anilines is 1. The first-order valence-corrected chi connectivity index (χ1v) is 16.1. The van der Waals surface area contributed by atoms with Crippen LogP contribution in [0.1, 0.15) is 56.1 Å². The molecule has 242 valence electrons. The van der Waals surface area contributed by atoms with Gasteiger partial charge in [-0.2, -0.15) is 22.7 Å². The van der Waals surface area contributed by atoms with Gasteiger partial charge in [-0.3, -0.25) is 9.59 Å². The minimum atomic E-state index is -3.94. The van der Waals surface area contributed by atoms with E-state index in [0.29, 0.717) is 31.0 Å². The summed E-state index contributed by atoms with van der Waals surface area (Å²) in [7, 11) is -3.94. The van der Waals surface area contributed by atoms with E-state index in [1.54, 1.807) is 32.0 Å². The Bertz CT molecular complexity index is 1540. The molecule has 3 N–H and O–H groups in total. The van der Waals surface area contributed by atoms with Crippen LogP contribution in [-0.4, -0.2) is 87.3 Å². The molecule has 1 saturated heterocycles. The fourth-order valence-electron chi connectivity index (χ4n) is 4.42. The Labute approximate surface area is 265 Å². The van der Waals surface area contributed by atoms with Gasteiger partial charge in [0.1, 0.15) is 24.9 Å². The van der Waals surface area contributed by atoms with Crippen molar-refractivity contribution in [1.29, 1.82) is 5.26 Å². The summed E-state index contributed by atoms with van der Waals surface area (Å²) in [6, 6.07) is 13.3. The van der Waals surface area contributed by atoms with Gasteiger partial charge in [-0.1, -0.05) is 25.7 Å². The number of carbonyl (C=O) groups is 2. The zero-order valence-corrected chi connectivity index (χ0v) is 27.1. The van der Waals surface area contributed by atoms with Gasteiger partial charge in [-0.15, -0.1) is 0 Å². The van der Waals surface area contributed by atoms with Crippen molar-refractivity contribution in [3.63, 3.8) is 0 Å². The van der Waals surface area contributed by atoms with E-state index in [0.717, 1.165) is 11.3 Å². The number of hydrogen-bond acceptors (Lipinski definition) is 8. The van der Waals surface area contributed by atoms with E-state index >= 15 is 0 Å². The highest BCUT2D eigenvalue weighted by atomic mass is 32.2. The number of benzene rings is 2. The molecule has 1 fully saturated rings. The molecule has 2 aromatic carbocycles. The molecular weight excluding hydrogens is 598 g/mol. The highest BCUT2D eigenvalue weighted by Crippen LogP contribution is 2.22. The molecule has 2 aromatic rings. The summed E-state index contributed by atoms with van der Waals surface area (Å²) in [6.45, 7) is 10.9. The molecule has 1 atom stereocenters. The largest absolute Gasteiger partial charge is 0.490 e. The van der Waals surface area contributed by atoms with Gasteiger partial charge >= 0.3 is 5.97 Å². The fourth-order valence-corrected chi connectivity index (χ4v) is 5.91. The number of piperazine rings is 1. The lowest BCUT2D eigenvalue weighted by molar-refractivity contribution is -0.140. The van der Waals surface area contributed by atoms with E-state index in [1.165, 1.54) is 4.31 Å². The van der Waals surface area contributed by atoms with Crippen molar-refractivity contribution in [2.24, 2.45) is 5.92 Å². The quantitative estimate of drug-likeness (QED) is 0.180. The molecule has 1 aliphatic rings. The van der Waals surface area contributed by atoms with Crippen LogP contribution in [0.2, 0.25) is 0 Å². The average Bonchev–Trinajstić information content (AvgIpc) is 2.99. The van der Waals surface area contributed by atoms with Crippen LogP contribution in [0.25, 0.3) is 0 Å². The standard InChI is InChI=1S/C32H41N5O7S/c1-23(2)29(31(39)40)35-45(41,42)37-18-16-36(17-19-37)26-11-8-24(9-12-26)6-7-25-10-13-28(43-20-21-44-32(3,4)5)27(22-25)30(38)34-15-14-33/h8-13,22-23,29,35H,15-21H2,1-5H3,(H,34,38)(H,39,40). The molecular formula is C32H41N5O7S. The van der Waals surface area contributed by atoms with Gasteiger partial charge in [-0.05, 0) is 69.2 Å². The predicted octanol–water partition coefficient (Wildman–Crippen LogP) is 2.60. The van der Waals surface area contributed by atoms with Crippen LogP contribution in [0.5, 0.6) is 5.75 Å². The monoisotopic (exact) mass is 639 g/mol. The third-order valence-corrected chi connectivity index (χ3v) is 8.40. The second-order valence-corrected chi connectivity index (χ2v) is 13.4. The highest BCUT2D eigenvalue weighted by molar-refractivity contribution is 7.87.